The zero-order valence-corrected chi connectivity index (χ0v) is 22.5. The molecule has 4 amide bonds. The van der Waals surface area contributed by atoms with Crippen LogP contribution in [0, 0.1) is 10.1 Å². The average Bonchev–Trinajstić information content (AvgIpc) is 2.87. The number of nitro benzene ring substituents is 1. The number of nitro groups is 1. The molecule has 0 bridgehead atoms. The van der Waals surface area contributed by atoms with Gasteiger partial charge in [0.25, 0.3) is 17.5 Å². The fourth-order valence-electron chi connectivity index (χ4n) is 3.52. The van der Waals surface area contributed by atoms with Crippen molar-refractivity contribution in [3.8, 4) is 11.5 Å². The summed E-state index contributed by atoms with van der Waals surface area (Å²) in [4.78, 5) is 49.3. The van der Waals surface area contributed by atoms with E-state index in [-0.39, 0.29) is 39.3 Å². The van der Waals surface area contributed by atoms with Gasteiger partial charge in [-0.1, -0.05) is 23.2 Å². The van der Waals surface area contributed by atoms with Gasteiger partial charge >= 0.3 is 6.03 Å². The predicted molar refractivity (Wildman–Crippen MR) is 144 cm³/mol. The summed E-state index contributed by atoms with van der Waals surface area (Å²) in [7, 11) is 1.42. The Morgan fingerprint density at radius 2 is 1.76 bits per heavy atom. The van der Waals surface area contributed by atoms with Gasteiger partial charge in [0.15, 0.2) is 11.5 Å². The Bertz CT molecular complexity index is 1510. The number of benzene rings is 3. The van der Waals surface area contributed by atoms with Crippen molar-refractivity contribution in [3.63, 3.8) is 0 Å². The molecule has 10 nitrogen and oxygen atoms in total. The Morgan fingerprint density at radius 3 is 2.39 bits per heavy atom. The van der Waals surface area contributed by atoms with Crippen molar-refractivity contribution in [2.45, 2.75) is 6.61 Å². The summed E-state index contributed by atoms with van der Waals surface area (Å²) >= 11 is 15.4. The fraction of sp³-hybridized carbons (Fsp3) is 0.0800. The van der Waals surface area contributed by atoms with Crippen LogP contribution in [0.4, 0.5) is 16.2 Å². The number of carbonyl (C=O) groups is 3. The SMILES string of the molecule is COc1cc(/C=C2\C(=O)NC(=O)N(c3ccc(Cl)c(Cl)c3)C2=O)cc(Br)c1OCc1ccc([N+](=O)[O-])cc1. The van der Waals surface area contributed by atoms with Crippen molar-refractivity contribution in [1.29, 1.82) is 0 Å². The number of ether oxygens (including phenoxy) is 2. The van der Waals surface area contributed by atoms with Gasteiger partial charge in [-0.15, -0.1) is 0 Å². The molecule has 0 unspecified atom stereocenters. The highest BCUT2D eigenvalue weighted by atomic mass is 79.9. The van der Waals surface area contributed by atoms with E-state index in [2.05, 4.69) is 21.2 Å². The van der Waals surface area contributed by atoms with E-state index in [1.807, 2.05) is 0 Å². The first-order valence-electron chi connectivity index (χ1n) is 10.7. The lowest BCUT2D eigenvalue weighted by atomic mass is 10.1. The molecule has 0 atom stereocenters. The van der Waals surface area contributed by atoms with E-state index in [1.165, 1.54) is 43.5 Å². The normalized spacial score (nSPS) is 14.5. The molecule has 0 spiro atoms. The molecule has 3 aromatic carbocycles. The number of hydrogen-bond acceptors (Lipinski definition) is 7. The van der Waals surface area contributed by atoms with E-state index >= 15 is 0 Å². The first-order valence-corrected chi connectivity index (χ1v) is 12.2. The van der Waals surface area contributed by atoms with Gasteiger partial charge < -0.3 is 9.47 Å². The molecule has 4 rings (SSSR count). The third kappa shape index (κ3) is 5.64. The minimum absolute atomic E-state index is 0.0365. The molecule has 0 aliphatic carbocycles. The second kappa shape index (κ2) is 11.2. The number of amides is 4. The fourth-order valence-corrected chi connectivity index (χ4v) is 4.38. The summed E-state index contributed by atoms with van der Waals surface area (Å²) in [5.74, 6) is -1.11. The Balaban J connectivity index is 1.61. The lowest BCUT2D eigenvalue weighted by Crippen LogP contribution is -2.54. The summed E-state index contributed by atoms with van der Waals surface area (Å²) < 4.78 is 11.7. The highest BCUT2D eigenvalue weighted by Gasteiger charge is 2.37. The minimum Gasteiger partial charge on any atom is -0.493 e. The molecule has 1 saturated heterocycles. The van der Waals surface area contributed by atoms with Crippen LogP contribution in [0.25, 0.3) is 6.08 Å². The van der Waals surface area contributed by atoms with Gasteiger partial charge in [0.05, 0.1) is 32.2 Å². The van der Waals surface area contributed by atoms with Crippen LogP contribution < -0.4 is 19.7 Å². The maximum Gasteiger partial charge on any atom is 0.335 e. The zero-order chi connectivity index (χ0) is 27.6. The summed E-state index contributed by atoms with van der Waals surface area (Å²) in [6, 6.07) is 12.3. The van der Waals surface area contributed by atoms with Gasteiger partial charge in [-0.05, 0) is 75.6 Å². The largest absolute Gasteiger partial charge is 0.493 e. The number of barbiturate groups is 1. The van der Waals surface area contributed by atoms with E-state index in [0.717, 1.165) is 4.90 Å². The first-order chi connectivity index (χ1) is 18.1. The summed E-state index contributed by atoms with van der Waals surface area (Å²) in [6.07, 6.45) is 1.31. The molecule has 194 valence electrons. The number of imide groups is 2. The molecule has 1 fully saturated rings. The molecule has 1 aliphatic rings. The second-order valence-electron chi connectivity index (χ2n) is 7.80. The number of urea groups is 1. The lowest BCUT2D eigenvalue weighted by molar-refractivity contribution is -0.384. The molecule has 1 N–H and O–H groups in total. The maximum atomic E-state index is 13.2. The number of nitrogens with zero attached hydrogens (tertiary/aromatic N) is 2. The number of carbonyl (C=O) groups excluding carboxylic acids is 3. The number of rotatable bonds is 7. The average molecular weight is 621 g/mol. The van der Waals surface area contributed by atoms with Gasteiger partial charge in [-0.25, -0.2) is 9.69 Å². The maximum absolute atomic E-state index is 13.2. The molecule has 3 aromatic rings. The molecular formula is C25H16BrCl2N3O7. The van der Waals surface area contributed by atoms with Crippen LogP contribution in [0.1, 0.15) is 11.1 Å². The van der Waals surface area contributed by atoms with Crippen LogP contribution in [0.3, 0.4) is 0 Å². The Morgan fingerprint density at radius 1 is 1.05 bits per heavy atom. The van der Waals surface area contributed by atoms with E-state index in [4.69, 9.17) is 32.7 Å². The van der Waals surface area contributed by atoms with Crippen LogP contribution >= 0.6 is 39.1 Å². The van der Waals surface area contributed by atoms with Crippen molar-refractivity contribution >= 4 is 74.4 Å². The van der Waals surface area contributed by atoms with Gasteiger partial charge in [0.2, 0.25) is 0 Å². The van der Waals surface area contributed by atoms with Crippen LogP contribution in [-0.2, 0) is 16.2 Å². The second-order valence-corrected chi connectivity index (χ2v) is 9.47. The number of anilines is 1. The molecule has 0 radical (unpaired) electrons. The third-order valence-corrected chi connectivity index (χ3v) is 6.68. The predicted octanol–water partition coefficient (Wildman–Crippen LogP) is 5.92. The van der Waals surface area contributed by atoms with Crippen LogP contribution in [0.2, 0.25) is 10.0 Å². The van der Waals surface area contributed by atoms with Crippen molar-refractivity contribution in [3.05, 3.63) is 95.9 Å². The molecule has 13 heteroatoms. The van der Waals surface area contributed by atoms with Gasteiger partial charge in [0.1, 0.15) is 12.2 Å². The van der Waals surface area contributed by atoms with Gasteiger partial charge in [0, 0.05) is 12.1 Å². The Labute approximate surface area is 234 Å². The van der Waals surface area contributed by atoms with E-state index in [9.17, 15) is 24.5 Å². The van der Waals surface area contributed by atoms with Crippen molar-refractivity contribution in [1.82, 2.24) is 5.32 Å². The molecule has 1 heterocycles. The smallest absolute Gasteiger partial charge is 0.335 e. The van der Waals surface area contributed by atoms with E-state index < -0.39 is 22.8 Å². The highest BCUT2D eigenvalue weighted by molar-refractivity contribution is 9.10. The summed E-state index contributed by atoms with van der Waals surface area (Å²) in [5.41, 5.74) is 0.884. The zero-order valence-electron chi connectivity index (χ0n) is 19.4. The molecule has 0 saturated carbocycles. The van der Waals surface area contributed by atoms with Crippen molar-refractivity contribution in [2.75, 3.05) is 12.0 Å². The van der Waals surface area contributed by atoms with Gasteiger partial charge in [-0.3, -0.25) is 25.0 Å². The number of nitrogens with one attached hydrogen (secondary N) is 1. The number of halogens is 3. The quantitative estimate of drug-likeness (QED) is 0.150. The van der Waals surface area contributed by atoms with Crippen LogP contribution in [0.15, 0.2) is 64.6 Å². The third-order valence-electron chi connectivity index (χ3n) is 5.36. The van der Waals surface area contributed by atoms with Crippen LogP contribution in [0.5, 0.6) is 11.5 Å². The topological polar surface area (TPSA) is 128 Å². The molecule has 1 aliphatic heterocycles. The Hall–Kier alpha value is -3.93. The monoisotopic (exact) mass is 619 g/mol. The summed E-state index contributed by atoms with van der Waals surface area (Å²) in [5, 5.41) is 13.3. The van der Waals surface area contributed by atoms with Crippen LogP contribution in [-0.4, -0.2) is 29.9 Å². The molecular weight excluding hydrogens is 605 g/mol. The highest BCUT2D eigenvalue weighted by Crippen LogP contribution is 2.38. The number of non-ortho nitro benzene ring substituents is 1. The molecule has 0 aromatic heterocycles. The summed E-state index contributed by atoms with van der Waals surface area (Å²) in [6.45, 7) is 0.0923. The number of methoxy groups -OCH3 is 1. The van der Waals surface area contributed by atoms with Crippen molar-refractivity contribution < 1.29 is 28.8 Å². The van der Waals surface area contributed by atoms with E-state index in [1.54, 1.807) is 24.3 Å². The lowest BCUT2D eigenvalue weighted by Gasteiger charge is -2.26. The number of hydrogen-bond donors (Lipinski definition) is 1. The molecule has 38 heavy (non-hydrogen) atoms. The minimum atomic E-state index is -0.927. The standard InChI is InChI=1S/C25H16BrCl2N3O7/c1-37-21-10-14(9-18(26)22(21)38-12-13-2-4-15(5-3-13)31(35)36)8-17-23(32)29-25(34)30(24(17)33)16-6-7-19(27)20(28)11-16/h2-11H,12H2,1H3,(H,29,32,34)/b17-8+. The van der Waals surface area contributed by atoms with E-state index in [0.29, 0.717) is 21.3 Å². The van der Waals surface area contributed by atoms with Gasteiger partial charge in [-0.2, -0.15) is 0 Å². The first kappa shape index (κ1) is 27.1. The van der Waals surface area contributed by atoms with Crippen molar-refractivity contribution in [2.24, 2.45) is 0 Å². The Kier molecular flexibility index (Phi) is 8.00.